The van der Waals surface area contributed by atoms with Crippen molar-refractivity contribution in [2.24, 2.45) is 0 Å². The van der Waals surface area contributed by atoms with Crippen LogP contribution in [0.2, 0.25) is 0 Å². The molecule has 0 aromatic carbocycles. The van der Waals surface area contributed by atoms with Crippen molar-refractivity contribution in [3.8, 4) is 0 Å². The second kappa shape index (κ2) is 12.5. The van der Waals surface area contributed by atoms with Gasteiger partial charge in [-0.25, -0.2) is 0 Å². The van der Waals surface area contributed by atoms with Gasteiger partial charge in [0.05, 0.1) is 26.4 Å². The van der Waals surface area contributed by atoms with Gasteiger partial charge >= 0.3 is 0 Å². The Morgan fingerprint density at radius 2 is 1.43 bits per heavy atom. The molecule has 6 heteroatoms. The van der Waals surface area contributed by atoms with E-state index in [0.717, 1.165) is 6.29 Å². The zero-order valence-electron chi connectivity index (χ0n) is 8.17. The number of aliphatic hydroxyl groups is 4. The maximum absolute atomic E-state index is 8.81. The third-order valence-corrected chi connectivity index (χ3v) is 1.04. The van der Waals surface area contributed by atoms with Gasteiger partial charge in [-0.2, -0.15) is 0 Å². The van der Waals surface area contributed by atoms with E-state index in [9.17, 15) is 0 Å². The number of hydrogen-bond acceptors (Lipinski definition) is 6. The molecule has 0 amide bonds. The van der Waals surface area contributed by atoms with Gasteiger partial charge in [-0.1, -0.05) is 0 Å². The van der Waals surface area contributed by atoms with E-state index >= 15 is 0 Å². The molecule has 0 aromatic rings. The monoisotopic (exact) mass is 210 g/mol. The molecule has 4 N–H and O–H groups in total. The Kier molecular flexibility index (Phi) is 14.2. The molecule has 0 rings (SSSR count). The van der Waals surface area contributed by atoms with E-state index in [-0.39, 0.29) is 26.4 Å². The zero-order chi connectivity index (χ0) is 11.4. The summed E-state index contributed by atoms with van der Waals surface area (Å²) in [7, 11) is 0. The first-order chi connectivity index (χ1) is 6.62. The Morgan fingerprint density at radius 1 is 1.14 bits per heavy atom. The van der Waals surface area contributed by atoms with Crippen LogP contribution in [0.4, 0.5) is 0 Å². The summed E-state index contributed by atoms with van der Waals surface area (Å²) in [4.78, 5) is 8.81. The number of rotatable bonds is 6. The van der Waals surface area contributed by atoms with Crippen molar-refractivity contribution in [1.82, 2.24) is 0 Å². The van der Waals surface area contributed by atoms with E-state index in [1.807, 2.05) is 0 Å². The van der Waals surface area contributed by atoms with Crippen LogP contribution in [0.15, 0.2) is 0 Å². The molecule has 0 aliphatic carbocycles. The molecule has 0 saturated carbocycles. The van der Waals surface area contributed by atoms with E-state index in [1.165, 1.54) is 6.92 Å². The largest absolute Gasteiger partial charge is 0.394 e. The summed E-state index contributed by atoms with van der Waals surface area (Å²) in [5, 5.41) is 34.1. The maximum atomic E-state index is 8.81. The highest BCUT2D eigenvalue weighted by molar-refractivity contribution is 5.44. The fourth-order valence-electron chi connectivity index (χ4n) is 0.446. The summed E-state index contributed by atoms with van der Waals surface area (Å²) in [5.74, 6) is 0. The Labute approximate surface area is 82.8 Å². The highest BCUT2D eigenvalue weighted by atomic mass is 16.5. The van der Waals surface area contributed by atoms with Crippen LogP contribution in [0.25, 0.3) is 0 Å². The highest BCUT2D eigenvalue weighted by Gasteiger charge is 2.04. The summed E-state index contributed by atoms with van der Waals surface area (Å²) < 4.78 is 4.72. The third kappa shape index (κ3) is 14.0. The lowest BCUT2D eigenvalue weighted by Gasteiger charge is -2.10. The molecule has 0 heterocycles. The number of carbonyl (C=O) groups is 1. The van der Waals surface area contributed by atoms with Crippen molar-refractivity contribution < 1.29 is 30.0 Å². The topological polar surface area (TPSA) is 107 Å². The summed E-state index contributed by atoms with van der Waals surface area (Å²) in [6, 6.07) is 0. The van der Waals surface area contributed by atoms with Crippen LogP contribution in [0.1, 0.15) is 6.92 Å². The SMILES string of the molecule is CC=O.OCC(O)COCC(O)CO. The molecular formula is C8H18O6. The smallest absolute Gasteiger partial charge is 0.116 e. The number of carbonyl (C=O) groups excluding carboxylic acids is 1. The lowest BCUT2D eigenvalue weighted by molar-refractivity contribution is -0.106. The van der Waals surface area contributed by atoms with Crippen LogP contribution in [-0.4, -0.2) is 65.3 Å². The predicted molar refractivity (Wildman–Crippen MR) is 48.7 cm³/mol. The molecule has 0 aliphatic heterocycles. The van der Waals surface area contributed by atoms with E-state index in [4.69, 9.17) is 30.0 Å². The summed E-state index contributed by atoms with van der Waals surface area (Å²) in [6.07, 6.45) is -1.08. The van der Waals surface area contributed by atoms with Crippen molar-refractivity contribution in [2.45, 2.75) is 19.1 Å². The number of aliphatic hydroxyl groups excluding tert-OH is 4. The van der Waals surface area contributed by atoms with Crippen LogP contribution in [0, 0.1) is 0 Å². The van der Waals surface area contributed by atoms with Crippen molar-refractivity contribution in [1.29, 1.82) is 0 Å². The quantitative estimate of drug-likeness (QED) is 0.375. The number of aldehydes is 1. The molecule has 86 valence electrons. The molecule has 0 saturated heterocycles. The first-order valence-corrected chi connectivity index (χ1v) is 4.17. The molecule has 0 aliphatic rings. The van der Waals surface area contributed by atoms with Crippen LogP contribution < -0.4 is 0 Å². The van der Waals surface area contributed by atoms with E-state index in [0.29, 0.717) is 0 Å². The molecule has 0 bridgehead atoms. The second-order valence-corrected chi connectivity index (χ2v) is 2.45. The predicted octanol–water partition coefficient (Wildman–Crippen LogP) is -2.09. The van der Waals surface area contributed by atoms with Gasteiger partial charge in [-0.15, -0.1) is 0 Å². The normalized spacial score (nSPS) is 13.8. The summed E-state index contributed by atoms with van der Waals surface area (Å²) in [6.45, 7) is 0.644. The Hall–Kier alpha value is -0.530. The fraction of sp³-hybridized carbons (Fsp3) is 0.875. The highest BCUT2D eigenvalue weighted by Crippen LogP contribution is 1.87. The minimum atomic E-state index is -0.916. The van der Waals surface area contributed by atoms with Crippen LogP contribution in [0.3, 0.4) is 0 Å². The van der Waals surface area contributed by atoms with Crippen LogP contribution in [-0.2, 0) is 9.53 Å². The molecule has 2 atom stereocenters. The average molecular weight is 210 g/mol. The molecule has 6 nitrogen and oxygen atoms in total. The zero-order valence-corrected chi connectivity index (χ0v) is 8.17. The number of hydrogen-bond donors (Lipinski definition) is 4. The van der Waals surface area contributed by atoms with Crippen molar-refractivity contribution in [2.75, 3.05) is 26.4 Å². The Morgan fingerprint density at radius 3 is 1.64 bits per heavy atom. The van der Waals surface area contributed by atoms with E-state index < -0.39 is 12.2 Å². The van der Waals surface area contributed by atoms with Crippen molar-refractivity contribution in [3.05, 3.63) is 0 Å². The van der Waals surface area contributed by atoms with Gasteiger partial charge in [-0.05, 0) is 6.92 Å². The molecule has 2 unspecified atom stereocenters. The minimum Gasteiger partial charge on any atom is -0.394 e. The molecule has 0 fully saturated rings. The van der Waals surface area contributed by atoms with Crippen molar-refractivity contribution in [3.63, 3.8) is 0 Å². The molecular weight excluding hydrogens is 192 g/mol. The first-order valence-electron chi connectivity index (χ1n) is 4.17. The van der Waals surface area contributed by atoms with Gasteiger partial charge < -0.3 is 30.0 Å². The standard InChI is InChI=1S/C6H14O5.C2H4O/c7-1-5(9)3-11-4-6(10)2-8;1-2-3/h5-10H,1-4H2;2H,1H3. The van der Waals surface area contributed by atoms with Gasteiger partial charge in [0.2, 0.25) is 0 Å². The minimum absolute atomic E-state index is 0.0342. The van der Waals surface area contributed by atoms with Gasteiger partial charge in [0.15, 0.2) is 0 Å². The molecule has 0 radical (unpaired) electrons. The fourth-order valence-corrected chi connectivity index (χ4v) is 0.446. The lowest BCUT2D eigenvalue weighted by Crippen LogP contribution is -2.25. The molecule has 0 aromatic heterocycles. The van der Waals surface area contributed by atoms with E-state index in [2.05, 4.69) is 0 Å². The molecule has 0 spiro atoms. The second-order valence-electron chi connectivity index (χ2n) is 2.45. The average Bonchev–Trinajstić information content (AvgIpc) is 2.18. The van der Waals surface area contributed by atoms with Gasteiger partial charge in [0.1, 0.15) is 18.5 Å². The summed E-state index contributed by atoms with van der Waals surface area (Å²) in [5.41, 5.74) is 0. The Bertz CT molecular complexity index is 108. The lowest BCUT2D eigenvalue weighted by atomic mass is 10.4. The maximum Gasteiger partial charge on any atom is 0.116 e. The van der Waals surface area contributed by atoms with E-state index in [1.54, 1.807) is 0 Å². The van der Waals surface area contributed by atoms with Crippen molar-refractivity contribution >= 4 is 6.29 Å². The Balaban J connectivity index is 0. The first kappa shape index (κ1) is 15.9. The summed E-state index contributed by atoms with van der Waals surface area (Å²) >= 11 is 0. The third-order valence-electron chi connectivity index (χ3n) is 1.04. The number of ether oxygens (including phenoxy) is 1. The van der Waals surface area contributed by atoms with Crippen LogP contribution >= 0.6 is 0 Å². The van der Waals surface area contributed by atoms with Gasteiger partial charge in [0.25, 0.3) is 0 Å². The van der Waals surface area contributed by atoms with Gasteiger partial charge in [0, 0.05) is 0 Å². The van der Waals surface area contributed by atoms with Crippen LogP contribution in [0.5, 0.6) is 0 Å². The molecule has 14 heavy (non-hydrogen) atoms. The van der Waals surface area contributed by atoms with Gasteiger partial charge in [-0.3, -0.25) is 0 Å².